The van der Waals surface area contributed by atoms with Gasteiger partial charge in [0.05, 0.1) is 18.8 Å². The van der Waals surface area contributed by atoms with Crippen LogP contribution in [0.4, 0.5) is 0 Å². The third kappa shape index (κ3) is 60.9. The molecule has 2 unspecified atom stereocenters. The summed E-state index contributed by atoms with van der Waals surface area (Å²) >= 11 is 0. The fraction of sp³-hybridized carbons (Fsp3) is 0.843. The minimum absolute atomic E-state index is 0.0736. The molecule has 0 bridgehead atoms. The summed E-state index contributed by atoms with van der Waals surface area (Å²) in [4.78, 5) is 12.5. The van der Waals surface area contributed by atoms with E-state index in [-0.39, 0.29) is 12.5 Å². The van der Waals surface area contributed by atoms with Crippen molar-refractivity contribution in [3.05, 3.63) is 60.8 Å². The van der Waals surface area contributed by atoms with E-state index in [0.29, 0.717) is 6.42 Å². The van der Waals surface area contributed by atoms with Gasteiger partial charge in [-0.05, 0) is 77.0 Å². The van der Waals surface area contributed by atoms with Crippen molar-refractivity contribution in [2.45, 2.75) is 373 Å². The fourth-order valence-corrected chi connectivity index (χ4v) is 10.4. The van der Waals surface area contributed by atoms with Crippen LogP contribution in [0.15, 0.2) is 60.8 Å². The molecular formula is C70H131NO3. The smallest absolute Gasteiger partial charge is 0.220 e. The molecule has 0 fully saturated rings. The highest BCUT2D eigenvalue weighted by Gasteiger charge is 2.18. The highest BCUT2D eigenvalue weighted by atomic mass is 16.3. The number of rotatable bonds is 62. The minimum atomic E-state index is -0.873. The van der Waals surface area contributed by atoms with Gasteiger partial charge < -0.3 is 15.5 Å². The van der Waals surface area contributed by atoms with E-state index in [1.165, 1.54) is 295 Å². The second-order valence-corrected chi connectivity index (χ2v) is 22.9. The van der Waals surface area contributed by atoms with E-state index in [9.17, 15) is 15.0 Å². The Kier molecular flexibility index (Phi) is 63.7. The van der Waals surface area contributed by atoms with E-state index >= 15 is 0 Å². The zero-order valence-electron chi connectivity index (χ0n) is 50.1. The van der Waals surface area contributed by atoms with Crippen LogP contribution in [0.2, 0.25) is 0 Å². The number of aliphatic hydroxyl groups excluding tert-OH is 2. The van der Waals surface area contributed by atoms with Crippen molar-refractivity contribution in [1.29, 1.82) is 0 Å². The number of hydrogen-bond acceptors (Lipinski definition) is 3. The third-order valence-corrected chi connectivity index (χ3v) is 15.5. The molecule has 0 aliphatic heterocycles. The zero-order chi connectivity index (χ0) is 53.4. The van der Waals surface area contributed by atoms with Crippen molar-refractivity contribution in [2.75, 3.05) is 6.61 Å². The number of nitrogens with one attached hydrogen (secondary N) is 1. The number of aliphatic hydroxyl groups is 2. The van der Waals surface area contributed by atoms with Crippen LogP contribution < -0.4 is 5.32 Å². The number of carbonyl (C=O) groups excluding carboxylic acids is 1. The first-order chi connectivity index (χ1) is 36.7. The van der Waals surface area contributed by atoms with Crippen LogP contribution in [0.25, 0.3) is 0 Å². The van der Waals surface area contributed by atoms with Gasteiger partial charge in [0.2, 0.25) is 5.91 Å². The minimum Gasteiger partial charge on any atom is -0.394 e. The van der Waals surface area contributed by atoms with Crippen LogP contribution in [0.5, 0.6) is 0 Å². The Balaban J connectivity index is 3.50. The van der Waals surface area contributed by atoms with E-state index in [1.54, 1.807) is 6.08 Å². The molecule has 2 atom stereocenters. The van der Waals surface area contributed by atoms with Crippen LogP contribution in [0.3, 0.4) is 0 Å². The summed E-state index contributed by atoms with van der Waals surface area (Å²) in [5, 5.41) is 23.2. The van der Waals surface area contributed by atoms with Gasteiger partial charge in [0.1, 0.15) is 0 Å². The summed E-state index contributed by atoms with van der Waals surface area (Å²) in [7, 11) is 0. The summed E-state index contributed by atoms with van der Waals surface area (Å²) in [6.45, 7) is 4.32. The molecule has 0 saturated carbocycles. The molecule has 3 N–H and O–H groups in total. The topological polar surface area (TPSA) is 69.6 Å². The van der Waals surface area contributed by atoms with Crippen LogP contribution in [-0.4, -0.2) is 34.9 Å². The second kappa shape index (κ2) is 65.4. The third-order valence-electron chi connectivity index (χ3n) is 15.5. The molecule has 0 aromatic heterocycles. The van der Waals surface area contributed by atoms with Gasteiger partial charge in [0, 0.05) is 6.42 Å². The molecular weight excluding hydrogens is 903 g/mol. The van der Waals surface area contributed by atoms with Crippen LogP contribution >= 0.6 is 0 Å². The van der Waals surface area contributed by atoms with E-state index in [0.717, 1.165) is 44.9 Å². The highest BCUT2D eigenvalue weighted by Crippen LogP contribution is 2.18. The first kappa shape index (κ1) is 72.1. The van der Waals surface area contributed by atoms with Crippen molar-refractivity contribution >= 4 is 5.91 Å². The number of allylic oxidation sites excluding steroid dienone is 9. The zero-order valence-corrected chi connectivity index (χ0v) is 50.1. The van der Waals surface area contributed by atoms with Crippen molar-refractivity contribution < 1.29 is 15.0 Å². The number of carbonyl (C=O) groups is 1. The Morgan fingerprint density at radius 3 is 0.865 bits per heavy atom. The normalized spacial score (nSPS) is 13.1. The second-order valence-electron chi connectivity index (χ2n) is 22.9. The van der Waals surface area contributed by atoms with Crippen LogP contribution in [-0.2, 0) is 4.79 Å². The van der Waals surface area contributed by atoms with Gasteiger partial charge in [-0.3, -0.25) is 4.79 Å². The lowest BCUT2D eigenvalue weighted by Gasteiger charge is -2.19. The standard InChI is InChI=1S/C70H131NO3/c1-3-5-7-9-11-13-15-17-19-21-23-25-27-29-31-33-34-35-36-38-39-41-43-45-47-49-51-53-55-57-59-61-63-65-69(73)68(67-72)71-70(74)66-64-62-60-58-56-54-52-50-48-46-44-42-40-37-32-30-28-26-24-22-20-18-16-14-12-10-8-6-4-2/h16,18,22,24,47,49,55,57,63,65,68-69,72-73H,3-15,17,19-21,23,25-46,48,50-54,56,58-62,64,66-67H2,1-2H3,(H,71,74)/b18-16-,24-22-,49-47+,57-55+,65-63+. The molecule has 434 valence electrons. The summed E-state index contributed by atoms with van der Waals surface area (Å²) in [5.41, 5.74) is 0. The van der Waals surface area contributed by atoms with E-state index in [4.69, 9.17) is 0 Å². The largest absolute Gasteiger partial charge is 0.394 e. The molecule has 74 heavy (non-hydrogen) atoms. The molecule has 0 saturated heterocycles. The number of hydrogen-bond donors (Lipinski definition) is 3. The fourth-order valence-electron chi connectivity index (χ4n) is 10.4. The highest BCUT2D eigenvalue weighted by molar-refractivity contribution is 5.76. The SMILES string of the molecule is CCCCCCC/C=C\C/C=C\CCCCCCCCCCCCCCCCCCCC(=O)NC(CO)C(O)/C=C/CC/C=C/CC/C=C/CCCCCCCCCCCCCCCCCCCCCCCCC. The molecule has 1 amide bonds. The van der Waals surface area contributed by atoms with E-state index in [2.05, 4.69) is 67.8 Å². The maximum absolute atomic E-state index is 12.5. The molecule has 0 aromatic rings. The first-order valence-electron chi connectivity index (χ1n) is 33.5. The first-order valence-corrected chi connectivity index (χ1v) is 33.5. The Hall–Kier alpha value is -1.91. The van der Waals surface area contributed by atoms with Crippen molar-refractivity contribution in [3.8, 4) is 0 Å². The van der Waals surface area contributed by atoms with Gasteiger partial charge in [-0.15, -0.1) is 0 Å². The monoisotopic (exact) mass is 1030 g/mol. The number of amides is 1. The summed E-state index contributed by atoms with van der Waals surface area (Å²) in [6.07, 6.45) is 93.0. The molecule has 0 spiro atoms. The molecule has 4 nitrogen and oxygen atoms in total. The lowest BCUT2D eigenvalue weighted by atomic mass is 10.0. The Labute approximate surface area is 464 Å². The lowest BCUT2D eigenvalue weighted by molar-refractivity contribution is -0.123. The van der Waals surface area contributed by atoms with Gasteiger partial charge >= 0.3 is 0 Å². The lowest BCUT2D eigenvalue weighted by Crippen LogP contribution is -2.45. The molecule has 0 aliphatic rings. The predicted molar refractivity (Wildman–Crippen MR) is 331 cm³/mol. The van der Waals surface area contributed by atoms with Gasteiger partial charge in [0.25, 0.3) is 0 Å². The average Bonchev–Trinajstić information content (AvgIpc) is 3.40. The molecule has 0 radical (unpaired) electrons. The Morgan fingerprint density at radius 1 is 0.324 bits per heavy atom. The van der Waals surface area contributed by atoms with E-state index in [1.807, 2.05) is 6.08 Å². The van der Waals surface area contributed by atoms with Crippen molar-refractivity contribution in [1.82, 2.24) is 5.32 Å². The predicted octanol–water partition coefficient (Wildman–Crippen LogP) is 22.7. The van der Waals surface area contributed by atoms with Gasteiger partial charge in [-0.2, -0.15) is 0 Å². The molecule has 0 rings (SSSR count). The number of unbranched alkanes of at least 4 members (excludes halogenated alkanes) is 47. The van der Waals surface area contributed by atoms with Crippen molar-refractivity contribution in [3.63, 3.8) is 0 Å². The summed E-state index contributed by atoms with van der Waals surface area (Å²) < 4.78 is 0. The molecule has 0 aromatic carbocycles. The Morgan fingerprint density at radius 2 is 0.568 bits per heavy atom. The van der Waals surface area contributed by atoms with Gasteiger partial charge in [-0.1, -0.05) is 338 Å². The molecule has 0 aliphatic carbocycles. The summed E-state index contributed by atoms with van der Waals surface area (Å²) in [5.74, 6) is -0.0736. The van der Waals surface area contributed by atoms with Crippen LogP contribution in [0.1, 0.15) is 361 Å². The van der Waals surface area contributed by atoms with E-state index < -0.39 is 12.1 Å². The summed E-state index contributed by atoms with van der Waals surface area (Å²) in [6, 6.07) is -0.649. The van der Waals surface area contributed by atoms with Gasteiger partial charge in [0.15, 0.2) is 0 Å². The van der Waals surface area contributed by atoms with Crippen molar-refractivity contribution in [2.24, 2.45) is 0 Å². The molecule has 4 heteroatoms. The van der Waals surface area contributed by atoms with Crippen LogP contribution in [0, 0.1) is 0 Å². The Bertz CT molecular complexity index is 1220. The van der Waals surface area contributed by atoms with Gasteiger partial charge in [-0.25, -0.2) is 0 Å². The average molecular weight is 1030 g/mol. The quantitative estimate of drug-likeness (QED) is 0.0420. The molecule has 0 heterocycles. The maximum Gasteiger partial charge on any atom is 0.220 e. The maximum atomic E-state index is 12.5.